The minimum atomic E-state index is -0.320. The van der Waals surface area contributed by atoms with Crippen molar-refractivity contribution in [3.63, 3.8) is 0 Å². The average Bonchev–Trinajstić information content (AvgIpc) is 3.50. The third-order valence-corrected chi connectivity index (χ3v) is 6.98. The fourth-order valence-electron chi connectivity index (χ4n) is 5.14. The molecular formula is C28H36N8O3. The molecule has 0 aliphatic carbocycles. The number of hydrogen-bond acceptors (Lipinski definition) is 7. The Morgan fingerprint density at radius 3 is 2.67 bits per heavy atom. The van der Waals surface area contributed by atoms with Crippen LogP contribution in [-0.2, 0) is 25.4 Å². The number of carbonyl (C=O) groups excluding carboxylic acids is 1. The predicted molar refractivity (Wildman–Crippen MR) is 149 cm³/mol. The van der Waals surface area contributed by atoms with E-state index in [1.165, 1.54) is 0 Å². The summed E-state index contributed by atoms with van der Waals surface area (Å²) in [6, 6.07) is 2.02. The van der Waals surface area contributed by atoms with Gasteiger partial charge in [-0.2, -0.15) is 10.2 Å². The number of aromatic nitrogens is 7. The van der Waals surface area contributed by atoms with Crippen molar-refractivity contribution in [3.8, 4) is 23.0 Å². The van der Waals surface area contributed by atoms with Gasteiger partial charge >= 0.3 is 0 Å². The second kappa shape index (κ2) is 10.2. The molecule has 11 nitrogen and oxygen atoms in total. The number of nitrogens with zero attached hydrogens (tertiary/aromatic N) is 7. The average molecular weight is 533 g/mol. The highest BCUT2D eigenvalue weighted by Crippen LogP contribution is 2.36. The number of fused-ring (bicyclic) bond motifs is 4. The van der Waals surface area contributed by atoms with Gasteiger partial charge in [0.2, 0.25) is 17.7 Å². The van der Waals surface area contributed by atoms with Gasteiger partial charge in [0.25, 0.3) is 0 Å². The Morgan fingerprint density at radius 2 is 1.95 bits per heavy atom. The highest BCUT2D eigenvalue weighted by Gasteiger charge is 2.27. The summed E-state index contributed by atoms with van der Waals surface area (Å²) in [5, 5.41) is 17.9. The van der Waals surface area contributed by atoms with Crippen LogP contribution in [0, 0.1) is 19.8 Å². The van der Waals surface area contributed by atoms with E-state index >= 15 is 0 Å². The quantitative estimate of drug-likeness (QED) is 0.423. The van der Waals surface area contributed by atoms with E-state index < -0.39 is 0 Å². The summed E-state index contributed by atoms with van der Waals surface area (Å²) in [4.78, 5) is 20.1. The van der Waals surface area contributed by atoms with Gasteiger partial charge in [0.15, 0.2) is 0 Å². The zero-order chi connectivity index (χ0) is 28.0. The Morgan fingerprint density at radius 1 is 1.18 bits per heavy atom. The lowest BCUT2D eigenvalue weighted by atomic mass is 10.1. The standard InChI is InChI=1S/C28H36N8O3/c1-9-38-26-19-10-11-21-20-12-22(29-18(6)25(20)31-30-21)24-17(5)32-35(8)28(24)39-16(4)13-36(27(37)15(2)3)14-23(19)34(7)33-26/h10-12,15-16H,9,13-14H2,1-8H3,(H,30,31)/b11-10+/t16-/m0/s1. The molecule has 0 spiro atoms. The van der Waals surface area contributed by atoms with Crippen molar-refractivity contribution in [1.82, 2.24) is 39.6 Å². The first-order valence-electron chi connectivity index (χ1n) is 13.3. The van der Waals surface area contributed by atoms with E-state index in [0.29, 0.717) is 31.5 Å². The summed E-state index contributed by atoms with van der Waals surface area (Å²) >= 11 is 0. The molecule has 0 saturated heterocycles. The molecule has 0 saturated carbocycles. The van der Waals surface area contributed by atoms with Crippen molar-refractivity contribution in [2.45, 2.75) is 54.2 Å². The van der Waals surface area contributed by atoms with E-state index in [0.717, 1.165) is 50.5 Å². The maximum Gasteiger partial charge on any atom is 0.240 e. The van der Waals surface area contributed by atoms with Gasteiger partial charge in [0.05, 0.1) is 59.3 Å². The Bertz CT molecular complexity index is 1580. The van der Waals surface area contributed by atoms with Crippen molar-refractivity contribution < 1.29 is 14.3 Å². The molecule has 1 aliphatic heterocycles. The molecule has 39 heavy (non-hydrogen) atoms. The lowest BCUT2D eigenvalue weighted by Gasteiger charge is -2.28. The predicted octanol–water partition coefficient (Wildman–Crippen LogP) is 4.04. The van der Waals surface area contributed by atoms with Gasteiger partial charge in [0.1, 0.15) is 11.6 Å². The molecule has 0 aromatic carbocycles. The summed E-state index contributed by atoms with van der Waals surface area (Å²) in [5.74, 6) is 0.982. The van der Waals surface area contributed by atoms with Crippen LogP contribution in [0.25, 0.3) is 34.3 Å². The third kappa shape index (κ3) is 4.77. The molecule has 1 aliphatic rings. The molecule has 4 aromatic rings. The second-order valence-electron chi connectivity index (χ2n) is 10.4. The SMILES string of the molecule is CCOc1nn(C)c2c1/C=C/c1[nH]nc3c(C)nc(cc13)-c1c(C)nn(C)c1O[C@@H](C)CN(C(=O)C(C)C)C2. The second-order valence-corrected chi connectivity index (χ2v) is 10.4. The normalized spacial score (nSPS) is 16.5. The smallest absolute Gasteiger partial charge is 0.240 e. The molecule has 1 atom stereocenters. The zero-order valence-corrected chi connectivity index (χ0v) is 23.9. The molecule has 0 unspecified atom stereocenters. The van der Waals surface area contributed by atoms with Crippen LogP contribution in [0.1, 0.15) is 56.0 Å². The van der Waals surface area contributed by atoms with Gasteiger partial charge in [-0.1, -0.05) is 13.8 Å². The summed E-state index contributed by atoms with van der Waals surface area (Å²) in [6.45, 7) is 12.8. The van der Waals surface area contributed by atoms with Gasteiger partial charge in [-0.15, -0.1) is 5.10 Å². The number of aryl methyl sites for hydroxylation is 4. The lowest BCUT2D eigenvalue weighted by Crippen LogP contribution is -2.41. The maximum atomic E-state index is 13.4. The number of amides is 1. The van der Waals surface area contributed by atoms with Crippen molar-refractivity contribution in [2.75, 3.05) is 13.2 Å². The van der Waals surface area contributed by atoms with Gasteiger partial charge in [-0.05, 0) is 45.9 Å². The lowest BCUT2D eigenvalue weighted by molar-refractivity contribution is -0.136. The minimum Gasteiger partial charge on any atom is -0.476 e. The number of pyridine rings is 1. The number of rotatable bonds is 3. The van der Waals surface area contributed by atoms with Crippen molar-refractivity contribution in [2.24, 2.45) is 20.0 Å². The zero-order valence-electron chi connectivity index (χ0n) is 23.9. The Balaban J connectivity index is 1.75. The van der Waals surface area contributed by atoms with Crippen molar-refractivity contribution >= 4 is 29.0 Å². The summed E-state index contributed by atoms with van der Waals surface area (Å²) in [7, 11) is 3.73. The number of carbonyl (C=O) groups is 1. The Kier molecular flexibility index (Phi) is 6.92. The van der Waals surface area contributed by atoms with Gasteiger partial charge in [0, 0.05) is 25.4 Å². The molecular weight excluding hydrogens is 496 g/mol. The molecule has 11 heteroatoms. The first-order valence-corrected chi connectivity index (χ1v) is 13.3. The Hall–Kier alpha value is -4.15. The molecule has 1 amide bonds. The van der Waals surface area contributed by atoms with Crippen molar-refractivity contribution in [1.29, 1.82) is 0 Å². The van der Waals surface area contributed by atoms with Crippen LogP contribution in [-0.4, -0.2) is 64.8 Å². The summed E-state index contributed by atoms with van der Waals surface area (Å²) in [6.07, 6.45) is 3.64. The molecule has 5 heterocycles. The number of hydrogen-bond donors (Lipinski definition) is 1. The van der Waals surface area contributed by atoms with Gasteiger partial charge in [-0.25, -0.2) is 4.68 Å². The van der Waals surface area contributed by atoms with Gasteiger partial charge < -0.3 is 14.4 Å². The monoisotopic (exact) mass is 532 g/mol. The first-order chi connectivity index (χ1) is 18.6. The fourth-order valence-corrected chi connectivity index (χ4v) is 5.14. The van der Waals surface area contributed by atoms with E-state index in [4.69, 9.17) is 14.5 Å². The highest BCUT2D eigenvalue weighted by atomic mass is 16.5. The van der Waals surface area contributed by atoms with E-state index in [1.807, 2.05) is 78.8 Å². The first kappa shape index (κ1) is 26.5. The number of ether oxygens (including phenoxy) is 2. The van der Waals surface area contributed by atoms with E-state index in [1.54, 1.807) is 9.36 Å². The highest BCUT2D eigenvalue weighted by molar-refractivity contribution is 5.93. The van der Waals surface area contributed by atoms with E-state index in [2.05, 4.69) is 20.4 Å². The maximum absolute atomic E-state index is 13.4. The molecule has 2 bridgehead atoms. The molecule has 1 N–H and O–H groups in total. The van der Waals surface area contributed by atoms with Crippen molar-refractivity contribution in [3.05, 3.63) is 34.4 Å². The summed E-state index contributed by atoms with van der Waals surface area (Å²) < 4.78 is 15.9. The largest absolute Gasteiger partial charge is 0.476 e. The number of nitrogens with one attached hydrogen (secondary N) is 1. The molecule has 4 aromatic heterocycles. The molecule has 0 fully saturated rings. The minimum absolute atomic E-state index is 0.0319. The van der Waals surface area contributed by atoms with Crippen LogP contribution in [0.5, 0.6) is 11.8 Å². The molecule has 5 rings (SSSR count). The van der Waals surface area contributed by atoms with E-state index in [-0.39, 0.29) is 17.9 Å². The van der Waals surface area contributed by atoms with Crippen LogP contribution in [0.2, 0.25) is 0 Å². The topological polar surface area (TPSA) is 116 Å². The van der Waals surface area contributed by atoms with Gasteiger partial charge in [-0.3, -0.25) is 19.6 Å². The molecule has 0 radical (unpaired) electrons. The van der Waals surface area contributed by atoms with E-state index in [9.17, 15) is 4.79 Å². The van der Waals surface area contributed by atoms with Crippen LogP contribution < -0.4 is 9.47 Å². The Labute approximate surface area is 227 Å². The fraction of sp³-hybridized carbons (Fsp3) is 0.464. The van der Waals surface area contributed by atoms with Crippen LogP contribution in [0.3, 0.4) is 0 Å². The number of aromatic amines is 1. The summed E-state index contributed by atoms with van der Waals surface area (Å²) in [5.41, 5.74) is 6.51. The third-order valence-electron chi connectivity index (χ3n) is 6.98. The molecule has 206 valence electrons. The van der Waals surface area contributed by atoms with Crippen LogP contribution >= 0.6 is 0 Å². The van der Waals surface area contributed by atoms with Crippen LogP contribution in [0.4, 0.5) is 0 Å². The number of H-pyrrole nitrogens is 1. The van der Waals surface area contributed by atoms with Crippen LogP contribution in [0.15, 0.2) is 6.07 Å².